The summed E-state index contributed by atoms with van der Waals surface area (Å²) in [5.41, 5.74) is 1.36. The van der Waals surface area contributed by atoms with Crippen molar-refractivity contribution < 1.29 is 18.7 Å². The van der Waals surface area contributed by atoms with Gasteiger partial charge in [0.25, 0.3) is 0 Å². The van der Waals surface area contributed by atoms with Gasteiger partial charge in [-0.3, -0.25) is 9.59 Å². The molecule has 0 aromatic heterocycles. The van der Waals surface area contributed by atoms with E-state index in [0.717, 1.165) is 5.56 Å². The van der Waals surface area contributed by atoms with Gasteiger partial charge in [-0.2, -0.15) is 0 Å². The second kappa shape index (κ2) is 9.20. The minimum Gasteiger partial charge on any atom is -0.494 e. The fraction of sp³-hybridized carbons (Fsp3) is 0.263. The minimum atomic E-state index is -0.565. The van der Waals surface area contributed by atoms with Crippen LogP contribution in [0.1, 0.15) is 25.3 Å². The van der Waals surface area contributed by atoms with Crippen molar-refractivity contribution >= 4 is 34.8 Å². The number of anilines is 2. The summed E-state index contributed by atoms with van der Waals surface area (Å²) in [7, 11) is 0. The summed E-state index contributed by atoms with van der Waals surface area (Å²) < 4.78 is 19.2. The van der Waals surface area contributed by atoms with Crippen molar-refractivity contribution in [1.29, 1.82) is 0 Å². The third-order valence-corrected chi connectivity index (χ3v) is 3.93. The lowest BCUT2D eigenvalue weighted by atomic mass is 10.2. The molecule has 7 heteroatoms. The second-order valence-electron chi connectivity index (χ2n) is 5.79. The zero-order valence-corrected chi connectivity index (χ0v) is 15.3. The van der Waals surface area contributed by atoms with Crippen LogP contribution in [0.4, 0.5) is 15.8 Å². The highest BCUT2D eigenvalue weighted by atomic mass is 35.5. The molecule has 0 aliphatic heterocycles. The number of aryl methyl sites for hydroxylation is 1. The number of halogens is 2. The van der Waals surface area contributed by atoms with E-state index in [-0.39, 0.29) is 23.9 Å². The van der Waals surface area contributed by atoms with Crippen LogP contribution >= 0.6 is 11.6 Å². The first kappa shape index (κ1) is 19.7. The summed E-state index contributed by atoms with van der Waals surface area (Å²) in [6, 6.07) is 9.38. The quantitative estimate of drug-likeness (QED) is 0.695. The Morgan fingerprint density at radius 1 is 1.15 bits per heavy atom. The highest BCUT2D eigenvalue weighted by Crippen LogP contribution is 2.22. The molecule has 2 amide bonds. The van der Waals surface area contributed by atoms with Crippen molar-refractivity contribution in [2.45, 2.75) is 26.7 Å². The first-order valence-corrected chi connectivity index (χ1v) is 8.49. The summed E-state index contributed by atoms with van der Waals surface area (Å²) in [6.45, 7) is 3.56. The lowest BCUT2D eigenvalue weighted by Crippen LogP contribution is -2.14. The van der Waals surface area contributed by atoms with Gasteiger partial charge >= 0.3 is 0 Å². The van der Waals surface area contributed by atoms with E-state index in [4.69, 9.17) is 16.3 Å². The van der Waals surface area contributed by atoms with Gasteiger partial charge in [0.2, 0.25) is 11.8 Å². The molecule has 0 aliphatic carbocycles. The van der Waals surface area contributed by atoms with E-state index in [1.165, 1.54) is 25.1 Å². The monoisotopic (exact) mass is 378 g/mol. The second-order valence-corrected chi connectivity index (χ2v) is 6.19. The van der Waals surface area contributed by atoms with Gasteiger partial charge in [-0.05, 0) is 55.3 Å². The average Bonchev–Trinajstić information content (AvgIpc) is 2.57. The van der Waals surface area contributed by atoms with Crippen molar-refractivity contribution in [2.75, 3.05) is 17.2 Å². The van der Waals surface area contributed by atoms with Gasteiger partial charge < -0.3 is 15.4 Å². The SMILES string of the molecule is CC(=O)Nc1cc(NC(=O)CCCOc2ccc(Cl)c(C)c2)ccc1F. The van der Waals surface area contributed by atoms with E-state index >= 15 is 0 Å². The van der Waals surface area contributed by atoms with Crippen molar-refractivity contribution in [1.82, 2.24) is 0 Å². The van der Waals surface area contributed by atoms with E-state index < -0.39 is 5.82 Å². The Balaban J connectivity index is 1.79. The average molecular weight is 379 g/mol. The van der Waals surface area contributed by atoms with Gasteiger partial charge in [0.05, 0.1) is 12.3 Å². The molecule has 5 nitrogen and oxygen atoms in total. The first-order valence-electron chi connectivity index (χ1n) is 8.11. The number of amides is 2. The van der Waals surface area contributed by atoms with E-state index in [0.29, 0.717) is 29.5 Å². The molecule has 0 aliphatic rings. The number of benzene rings is 2. The Kier molecular flexibility index (Phi) is 6.97. The topological polar surface area (TPSA) is 67.4 Å². The van der Waals surface area contributed by atoms with Gasteiger partial charge in [-0.15, -0.1) is 0 Å². The van der Waals surface area contributed by atoms with Crippen molar-refractivity contribution in [3.8, 4) is 5.75 Å². The molecule has 2 aromatic rings. The van der Waals surface area contributed by atoms with Crippen LogP contribution in [0, 0.1) is 12.7 Å². The van der Waals surface area contributed by atoms with Crippen LogP contribution in [0.2, 0.25) is 5.02 Å². The van der Waals surface area contributed by atoms with Crippen LogP contribution in [0.25, 0.3) is 0 Å². The van der Waals surface area contributed by atoms with E-state index in [1.54, 1.807) is 12.1 Å². The van der Waals surface area contributed by atoms with Crippen LogP contribution in [0.5, 0.6) is 5.75 Å². The normalized spacial score (nSPS) is 10.3. The fourth-order valence-electron chi connectivity index (χ4n) is 2.24. The molecule has 0 bridgehead atoms. The third kappa shape index (κ3) is 6.04. The zero-order valence-electron chi connectivity index (χ0n) is 14.6. The molecule has 2 N–H and O–H groups in total. The zero-order chi connectivity index (χ0) is 19.1. The molecule has 138 valence electrons. The smallest absolute Gasteiger partial charge is 0.224 e. The van der Waals surface area contributed by atoms with Crippen LogP contribution < -0.4 is 15.4 Å². The van der Waals surface area contributed by atoms with Crippen molar-refractivity contribution in [3.63, 3.8) is 0 Å². The summed E-state index contributed by atoms with van der Waals surface area (Å²) in [5, 5.41) is 5.71. The van der Waals surface area contributed by atoms with Crippen LogP contribution in [0.15, 0.2) is 36.4 Å². The van der Waals surface area contributed by atoms with Gasteiger partial charge in [0.1, 0.15) is 11.6 Å². The van der Waals surface area contributed by atoms with Gasteiger partial charge in [-0.1, -0.05) is 11.6 Å². The van der Waals surface area contributed by atoms with Gasteiger partial charge in [-0.25, -0.2) is 4.39 Å². The molecule has 0 fully saturated rings. The van der Waals surface area contributed by atoms with E-state index in [1.807, 2.05) is 13.0 Å². The number of hydrogen-bond donors (Lipinski definition) is 2. The Labute approximate surface area is 156 Å². The predicted octanol–water partition coefficient (Wildman–Crippen LogP) is 4.54. The maximum absolute atomic E-state index is 13.6. The number of ether oxygens (including phenoxy) is 1. The number of carbonyl (C=O) groups is 2. The molecule has 0 heterocycles. The Bertz CT molecular complexity index is 811. The lowest BCUT2D eigenvalue weighted by Gasteiger charge is -2.10. The summed E-state index contributed by atoms with van der Waals surface area (Å²) in [6.07, 6.45) is 0.771. The summed E-state index contributed by atoms with van der Waals surface area (Å²) >= 11 is 5.95. The number of rotatable bonds is 7. The Morgan fingerprint density at radius 2 is 1.92 bits per heavy atom. The Hall–Kier alpha value is -2.60. The number of hydrogen-bond acceptors (Lipinski definition) is 3. The largest absolute Gasteiger partial charge is 0.494 e. The number of carbonyl (C=O) groups excluding carboxylic acids is 2. The third-order valence-electron chi connectivity index (χ3n) is 3.51. The summed E-state index contributed by atoms with van der Waals surface area (Å²) in [4.78, 5) is 23.0. The molecule has 2 aromatic carbocycles. The summed E-state index contributed by atoms with van der Waals surface area (Å²) in [5.74, 6) is -0.473. The van der Waals surface area contributed by atoms with Crippen LogP contribution in [-0.2, 0) is 9.59 Å². The highest BCUT2D eigenvalue weighted by Gasteiger charge is 2.08. The molecule has 26 heavy (non-hydrogen) atoms. The maximum atomic E-state index is 13.6. The van der Waals surface area contributed by atoms with Crippen LogP contribution in [0.3, 0.4) is 0 Å². The molecular weight excluding hydrogens is 359 g/mol. The van der Waals surface area contributed by atoms with Crippen molar-refractivity contribution in [2.24, 2.45) is 0 Å². The minimum absolute atomic E-state index is 0.0248. The molecule has 0 atom stereocenters. The molecule has 2 rings (SSSR count). The highest BCUT2D eigenvalue weighted by molar-refractivity contribution is 6.31. The first-order chi connectivity index (χ1) is 12.3. The van der Waals surface area contributed by atoms with Gasteiger partial charge in [0.15, 0.2) is 0 Å². The van der Waals surface area contributed by atoms with E-state index in [2.05, 4.69) is 10.6 Å². The predicted molar refractivity (Wildman–Crippen MR) is 100 cm³/mol. The lowest BCUT2D eigenvalue weighted by molar-refractivity contribution is -0.116. The van der Waals surface area contributed by atoms with E-state index in [9.17, 15) is 14.0 Å². The Morgan fingerprint density at radius 3 is 2.62 bits per heavy atom. The van der Waals surface area contributed by atoms with Gasteiger partial charge in [0, 0.05) is 24.1 Å². The standard InChI is InChI=1S/C19H20ClFN2O3/c1-12-10-15(6-7-16(12)20)26-9-3-4-19(25)23-14-5-8-17(21)18(11-14)22-13(2)24/h5-8,10-11H,3-4,9H2,1-2H3,(H,22,24)(H,23,25). The molecular formula is C19H20ClFN2O3. The number of nitrogens with one attached hydrogen (secondary N) is 2. The molecule has 0 spiro atoms. The molecule has 0 unspecified atom stereocenters. The fourth-order valence-corrected chi connectivity index (χ4v) is 2.36. The molecule has 0 saturated heterocycles. The molecule has 0 saturated carbocycles. The maximum Gasteiger partial charge on any atom is 0.224 e. The van der Waals surface area contributed by atoms with Crippen LogP contribution in [-0.4, -0.2) is 18.4 Å². The van der Waals surface area contributed by atoms with Crippen molar-refractivity contribution in [3.05, 3.63) is 52.8 Å². The molecule has 0 radical (unpaired) electrons.